The number of nitrogens with one attached hydrogen (secondary N) is 1. The van der Waals surface area contributed by atoms with Crippen LogP contribution >= 0.6 is 0 Å². The van der Waals surface area contributed by atoms with Crippen molar-refractivity contribution in [3.05, 3.63) is 29.7 Å². The molecule has 0 aliphatic heterocycles. The highest BCUT2D eigenvalue weighted by atomic mass is 16.5. The fourth-order valence-corrected chi connectivity index (χ4v) is 4.60. The summed E-state index contributed by atoms with van der Waals surface area (Å²) in [5.74, 6) is 1.41. The molecule has 0 atom stereocenters. The van der Waals surface area contributed by atoms with Crippen LogP contribution in [-0.2, 0) is 0 Å². The van der Waals surface area contributed by atoms with Gasteiger partial charge in [-0.1, -0.05) is 38.5 Å². The number of ether oxygens (including phenoxy) is 1. The molecule has 0 aromatic carbocycles. The maximum absolute atomic E-state index is 12.9. The van der Waals surface area contributed by atoms with Gasteiger partial charge in [0, 0.05) is 12.2 Å². The van der Waals surface area contributed by atoms with E-state index >= 15 is 0 Å². The number of carbonyl (C=O) groups is 1. The van der Waals surface area contributed by atoms with Crippen molar-refractivity contribution in [2.75, 3.05) is 6.61 Å². The Labute approximate surface area is 161 Å². The second-order valence-corrected chi connectivity index (χ2v) is 8.24. The number of amides is 1. The molecule has 2 aliphatic carbocycles. The molecule has 0 spiro atoms. The first-order valence-corrected chi connectivity index (χ1v) is 10.6. The van der Waals surface area contributed by atoms with Crippen molar-refractivity contribution in [3.8, 4) is 5.75 Å². The van der Waals surface area contributed by atoms with Crippen LogP contribution in [0.2, 0.25) is 0 Å². The first-order valence-electron chi connectivity index (χ1n) is 10.6. The van der Waals surface area contributed by atoms with E-state index in [4.69, 9.17) is 4.74 Å². The zero-order valence-electron chi connectivity index (χ0n) is 16.4. The van der Waals surface area contributed by atoms with E-state index in [1.54, 1.807) is 0 Å². The molecule has 5 heteroatoms. The number of pyridine rings is 1. The van der Waals surface area contributed by atoms with Crippen LogP contribution in [0.5, 0.6) is 5.75 Å². The molecule has 1 amide bonds. The van der Waals surface area contributed by atoms with Crippen molar-refractivity contribution < 1.29 is 9.53 Å². The topological polar surface area (TPSA) is 55.6 Å². The molecular formula is C22H31N3O2. The average Bonchev–Trinajstić information content (AvgIpc) is 3.04. The molecule has 2 aromatic heterocycles. The van der Waals surface area contributed by atoms with Crippen molar-refractivity contribution in [1.29, 1.82) is 0 Å². The van der Waals surface area contributed by atoms with Crippen LogP contribution in [0.1, 0.15) is 80.4 Å². The molecule has 0 bridgehead atoms. The lowest BCUT2D eigenvalue weighted by Gasteiger charge is -2.23. The predicted octanol–water partition coefficient (Wildman–Crippen LogP) is 4.66. The van der Waals surface area contributed by atoms with Crippen molar-refractivity contribution in [2.24, 2.45) is 5.92 Å². The highest BCUT2D eigenvalue weighted by Crippen LogP contribution is 2.27. The maximum atomic E-state index is 12.9. The summed E-state index contributed by atoms with van der Waals surface area (Å²) < 4.78 is 8.03. The van der Waals surface area contributed by atoms with Gasteiger partial charge >= 0.3 is 0 Å². The van der Waals surface area contributed by atoms with Crippen LogP contribution in [0.15, 0.2) is 18.3 Å². The molecular weight excluding hydrogens is 338 g/mol. The van der Waals surface area contributed by atoms with E-state index in [1.807, 2.05) is 29.7 Å². The summed E-state index contributed by atoms with van der Waals surface area (Å²) in [7, 11) is 0. The summed E-state index contributed by atoms with van der Waals surface area (Å²) in [6.45, 7) is 2.66. The standard InChI is InChI=1S/C22H31N3O2/c1-16-20(22(26)24-18-11-6-3-7-12-18)25-14-8-13-19(21(25)23-16)27-15-17-9-4-2-5-10-17/h8,13-14,17-18H,2-7,9-12,15H2,1H3,(H,24,26). The van der Waals surface area contributed by atoms with Crippen LogP contribution in [0, 0.1) is 12.8 Å². The molecule has 1 N–H and O–H groups in total. The summed E-state index contributed by atoms with van der Waals surface area (Å²) >= 11 is 0. The Balaban J connectivity index is 1.51. The number of nitrogens with zero attached hydrogens (tertiary/aromatic N) is 2. The third-order valence-corrected chi connectivity index (χ3v) is 6.14. The van der Waals surface area contributed by atoms with Crippen LogP contribution in [0.25, 0.3) is 5.65 Å². The number of hydrogen-bond acceptors (Lipinski definition) is 3. The number of aryl methyl sites for hydroxylation is 1. The molecule has 2 aromatic rings. The van der Waals surface area contributed by atoms with Gasteiger partial charge in [0.05, 0.1) is 12.3 Å². The monoisotopic (exact) mass is 369 g/mol. The van der Waals surface area contributed by atoms with Gasteiger partial charge < -0.3 is 10.1 Å². The average molecular weight is 370 g/mol. The maximum Gasteiger partial charge on any atom is 0.270 e. The van der Waals surface area contributed by atoms with Crippen LogP contribution in [-0.4, -0.2) is 27.9 Å². The molecule has 0 unspecified atom stereocenters. The molecule has 4 rings (SSSR count). The van der Waals surface area contributed by atoms with Gasteiger partial charge in [-0.05, 0) is 50.7 Å². The van der Waals surface area contributed by atoms with Gasteiger partial charge in [-0.15, -0.1) is 0 Å². The van der Waals surface area contributed by atoms with Crippen molar-refractivity contribution >= 4 is 11.6 Å². The highest BCUT2D eigenvalue weighted by Gasteiger charge is 2.23. The van der Waals surface area contributed by atoms with Gasteiger partial charge in [0.1, 0.15) is 5.69 Å². The number of fused-ring (bicyclic) bond motifs is 1. The van der Waals surface area contributed by atoms with Crippen molar-refractivity contribution in [1.82, 2.24) is 14.7 Å². The second-order valence-electron chi connectivity index (χ2n) is 8.24. The normalized spacial score (nSPS) is 19.3. The lowest BCUT2D eigenvalue weighted by molar-refractivity contribution is 0.0921. The van der Waals surface area contributed by atoms with E-state index in [1.165, 1.54) is 51.4 Å². The zero-order valence-corrected chi connectivity index (χ0v) is 16.4. The minimum atomic E-state index is -0.0173. The molecule has 0 saturated heterocycles. The second kappa shape index (κ2) is 8.32. The molecule has 27 heavy (non-hydrogen) atoms. The van der Waals surface area contributed by atoms with Gasteiger partial charge in [0.2, 0.25) is 0 Å². The molecule has 2 aliphatic rings. The summed E-state index contributed by atoms with van der Waals surface area (Å²) in [6, 6.07) is 4.21. The Bertz CT molecular complexity index is 786. The van der Waals surface area contributed by atoms with Gasteiger partial charge in [0.25, 0.3) is 5.91 Å². The first-order chi connectivity index (χ1) is 13.2. The Morgan fingerprint density at radius 3 is 2.59 bits per heavy atom. The summed E-state index contributed by atoms with van der Waals surface area (Å²) in [5.41, 5.74) is 2.15. The number of carbonyl (C=O) groups excluding carboxylic acids is 1. The van der Waals surface area contributed by atoms with Crippen LogP contribution in [0.3, 0.4) is 0 Å². The molecule has 146 valence electrons. The third-order valence-electron chi connectivity index (χ3n) is 6.14. The smallest absolute Gasteiger partial charge is 0.270 e. The van der Waals surface area contributed by atoms with Gasteiger partial charge in [0.15, 0.2) is 11.4 Å². The Kier molecular flexibility index (Phi) is 5.65. The Morgan fingerprint density at radius 1 is 1.15 bits per heavy atom. The molecule has 5 nitrogen and oxygen atoms in total. The molecule has 2 saturated carbocycles. The minimum absolute atomic E-state index is 0.0173. The predicted molar refractivity (Wildman–Crippen MR) is 106 cm³/mol. The van der Waals surface area contributed by atoms with Crippen LogP contribution < -0.4 is 10.1 Å². The fourth-order valence-electron chi connectivity index (χ4n) is 4.60. The van der Waals surface area contributed by atoms with E-state index in [0.717, 1.165) is 36.5 Å². The lowest BCUT2D eigenvalue weighted by atomic mass is 9.90. The van der Waals surface area contributed by atoms with Crippen LogP contribution in [0.4, 0.5) is 0 Å². The summed E-state index contributed by atoms with van der Waals surface area (Å²) in [5, 5.41) is 3.22. The third kappa shape index (κ3) is 4.12. The highest BCUT2D eigenvalue weighted by molar-refractivity contribution is 5.95. The van der Waals surface area contributed by atoms with Gasteiger partial charge in [-0.2, -0.15) is 0 Å². The largest absolute Gasteiger partial charge is 0.489 e. The molecule has 2 fully saturated rings. The van der Waals surface area contributed by atoms with E-state index in [9.17, 15) is 4.79 Å². The van der Waals surface area contributed by atoms with Crippen molar-refractivity contribution in [2.45, 2.75) is 77.2 Å². The molecule has 0 radical (unpaired) electrons. The lowest BCUT2D eigenvalue weighted by Crippen LogP contribution is -2.37. The minimum Gasteiger partial charge on any atom is -0.489 e. The molecule has 2 heterocycles. The summed E-state index contributed by atoms with van der Waals surface area (Å²) in [6.07, 6.45) is 14.3. The SMILES string of the molecule is Cc1nc2c(OCC3CCCCC3)cccn2c1C(=O)NC1CCCCC1. The fraction of sp³-hybridized carbons (Fsp3) is 0.636. The number of hydrogen-bond donors (Lipinski definition) is 1. The van der Waals surface area contributed by atoms with E-state index < -0.39 is 0 Å². The number of imidazole rings is 1. The Hall–Kier alpha value is -2.04. The van der Waals surface area contributed by atoms with Gasteiger partial charge in [-0.3, -0.25) is 9.20 Å². The number of rotatable bonds is 5. The van der Waals surface area contributed by atoms with Crippen molar-refractivity contribution in [3.63, 3.8) is 0 Å². The number of aromatic nitrogens is 2. The van der Waals surface area contributed by atoms with E-state index in [2.05, 4.69) is 10.3 Å². The summed E-state index contributed by atoms with van der Waals surface area (Å²) in [4.78, 5) is 17.6. The Morgan fingerprint density at radius 2 is 1.85 bits per heavy atom. The van der Waals surface area contributed by atoms with E-state index in [0.29, 0.717) is 17.7 Å². The van der Waals surface area contributed by atoms with Gasteiger partial charge in [-0.25, -0.2) is 4.98 Å². The zero-order chi connectivity index (χ0) is 18.6. The first kappa shape index (κ1) is 18.3. The quantitative estimate of drug-likeness (QED) is 0.834. The van der Waals surface area contributed by atoms with E-state index in [-0.39, 0.29) is 5.91 Å².